The molecule has 1 aromatic rings. The summed E-state index contributed by atoms with van der Waals surface area (Å²) in [4.78, 5) is 10.5. The van der Waals surface area contributed by atoms with Gasteiger partial charge in [0.15, 0.2) is 17.3 Å². The topological polar surface area (TPSA) is 55.8 Å². The van der Waals surface area contributed by atoms with E-state index in [1.807, 2.05) is 0 Å². The number of rotatable bonds is 6. The number of benzene rings is 1. The number of aliphatic carboxylic acids is 1. The second-order valence-corrected chi connectivity index (χ2v) is 4.49. The second kappa shape index (κ2) is 6.58. The molecule has 1 N–H and O–H groups in total. The van der Waals surface area contributed by atoms with Gasteiger partial charge in [0.2, 0.25) is 0 Å². The minimum absolute atomic E-state index is 0.0334. The number of hydrogen-bond donors (Lipinski definition) is 1. The average Bonchev–Trinajstić information content (AvgIpc) is 2.30. The number of carbonyl (C=O) groups is 1. The van der Waals surface area contributed by atoms with Crippen LogP contribution in [-0.2, 0) is 11.2 Å². The maximum absolute atomic E-state index is 13.6. The molecule has 0 unspecified atom stereocenters. The van der Waals surface area contributed by atoms with E-state index >= 15 is 0 Å². The third-order valence-corrected chi connectivity index (χ3v) is 3.17. The van der Waals surface area contributed by atoms with Crippen LogP contribution < -0.4 is 9.47 Å². The van der Waals surface area contributed by atoms with Crippen molar-refractivity contribution in [2.75, 3.05) is 14.2 Å². The Morgan fingerprint density at radius 1 is 1.39 bits per heavy atom. The van der Waals surface area contributed by atoms with Crippen LogP contribution in [-0.4, -0.2) is 25.3 Å². The van der Waals surface area contributed by atoms with Crippen molar-refractivity contribution < 1.29 is 23.8 Å². The van der Waals surface area contributed by atoms with E-state index in [-0.39, 0.29) is 12.2 Å². The molecule has 1 aromatic carbocycles. The molecule has 0 radical (unpaired) electrons. The molecule has 0 heterocycles. The highest BCUT2D eigenvalue weighted by atomic mass is 79.9. The predicted octanol–water partition coefficient (Wildman–Crippen LogP) is 3.01. The molecule has 0 aromatic heterocycles. The molecule has 4 nitrogen and oxygen atoms in total. The lowest BCUT2D eigenvalue weighted by atomic mass is 10.1. The Labute approximate surface area is 113 Å². The minimum atomic E-state index is -0.862. The number of halogens is 2. The van der Waals surface area contributed by atoms with E-state index in [9.17, 15) is 9.18 Å². The summed E-state index contributed by atoms with van der Waals surface area (Å²) in [5.74, 6) is -1.05. The first-order chi connectivity index (χ1) is 8.51. The Morgan fingerprint density at radius 3 is 2.50 bits per heavy atom. The van der Waals surface area contributed by atoms with E-state index in [2.05, 4.69) is 15.9 Å². The van der Waals surface area contributed by atoms with Gasteiger partial charge < -0.3 is 14.6 Å². The Kier molecular flexibility index (Phi) is 5.40. The molecule has 0 aliphatic carbocycles. The Morgan fingerprint density at radius 2 is 2.00 bits per heavy atom. The van der Waals surface area contributed by atoms with Crippen molar-refractivity contribution in [3.8, 4) is 11.5 Å². The fourth-order valence-corrected chi connectivity index (χ4v) is 2.25. The van der Waals surface area contributed by atoms with Crippen molar-refractivity contribution in [3.05, 3.63) is 21.9 Å². The lowest BCUT2D eigenvalue weighted by Crippen LogP contribution is -2.02. The molecule has 0 fully saturated rings. The maximum Gasteiger partial charge on any atom is 0.303 e. The molecule has 0 saturated carbocycles. The van der Waals surface area contributed by atoms with E-state index in [4.69, 9.17) is 14.6 Å². The van der Waals surface area contributed by atoms with Gasteiger partial charge in [0.1, 0.15) is 0 Å². The van der Waals surface area contributed by atoms with Gasteiger partial charge in [0.05, 0.1) is 14.2 Å². The number of methoxy groups -OCH3 is 2. The zero-order valence-corrected chi connectivity index (χ0v) is 11.7. The lowest BCUT2D eigenvalue weighted by molar-refractivity contribution is -0.137. The summed E-state index contributed by atoms with van der Waals surface area (Å²) in [5, 5.41) is 8.60. The van der Waals surface area contributed by atoms with Gasteiger partial charge in [-0.2, -0.15) is 0 Å². The van der Waals surface area contributed by atoms with Gasteiger partial charge in [-0.05, 0) is 18.9 Å². The second-order valence-electron chi connectivity index (χ2n) is 3.63. The van der Waals surface area contributed by atoms with Crippen LogP contribution in [0.5, 0.6) is 11.5 Å². The number of carboxylic acid groups (broad SMARTS) is 1. The predicted molar refractivity (Wildman–Crippen MR) is 67.8 cm³/mol. The van der Waals surface area contributed by atoms with Gasteiger partial charge in [0.25, 0.3) is 0 Å². The summed E-state index contributed by atoms with van der Waals surface area (Å²) in [5.41, 5.74) is 0.706. The molecule has 0 spiro atoms. The zero-order valence-electron chi connectivity index (χ0n) is 10.1. The van der Waals surface area contributed by atoms with E-state index in [1.165, 1.54) is 20.3 Å². The van der Waals surface area contributed by atoms with E-state index in [1.54, 1.807) is 0 Å². The molecular weight excluding hydrogens is 307 g/mol. The third-order valence-electron chi connectivity index (χ3n) is 2.46. The van der Waals surface area contributed by atoms with Crippen molar-refractivity contribution in [1.29, 1.82) is 0 Å². The normalized spacial score (nSPS) is 10.2. The van der Waals surface area contributed by atoms with Crippen LogP contribution in [0.2, 0.25) is 0 Å². The molecule has 0 aliphatic heterocycles. The summed E-state index contributed by atoms with van der Waals surface area (Å²) in [6.45, 7) is 0. The van der Waals surface area contributed by atoms with Crippen LogP contribution in [0.1, 0.15) is 18.4 Å². The third kappa shape index (κ3) is 3.35. The van der Waals surface area contributed by atoms with Crippen LogP contribution in [0.3, 0.4) is 0 Å². The first kappa shape index (κ1) is 14.8. The Hall–Kier alpha value is -1.30. The molecule has 18 heavy (non-hydrogen) atoms. The number of hydrogen-bond acceptors (Lipinski definition) is 3. The summed E-state index contributed by atoms with van der Waals surface area (Å²) in [6, 6.07) is 1.29. The lowest BCUT2D eigenvalue weighted by Gasteiger charge is -2.15. The summed E-state index contributed by atoms with van der Waals surface area (Å²) in [6.07, 6.45) is 0.959. The summed E-state index contributed by atoms with van der Waals surface area (Å²) < 4.78 is 24.2. The first-order valence-corrected chi connectivity index (χ1v) is 6.11. The molecule has 0 saturated heterocycles. The number of ether oxygens (including phenoxy) is 2. The quantitative estimate of drug-likeness (QED) is 0.875. The largest absolute Gasteiger partial charge is 0.492 e. The average molecular weight is 321 g/mol. The van der Waals surface area contributed by atoms with Gasteiger partial charge in [-0.3, -0.25) is 4.79 Å². The Bertz CT molecular complexity index is 448. The zero-order chi connectivity index (χ0) is 13.7. The molecule has 1 rings (SSSR count). The van der Waals surface area contributed by atoms with Gasteiger partial charge >= 0.3 is 5.97 Å². The Balaban J connectivity index is 3.05. The van der Waals surface area contributed by atoms with Crippen LogP contribution >= 0.6 is 15.9 Å². The molecule has 6 heteroatoms. The number of carboxylic acids is 1. The molecule has 0 aliphatic rings. The summed E-state index contributed by atoms with van der Waals surface area (Å²) in [7, 11) is 2.78. The molecule has 0 amide bonds. The van der Waals surface area contributed by atoms with Crippen LogP contribution in [0.4, 0.5) is 4.39 Å². The fourth-order valence-electron chi connectivity index (χ4n) is 1.67. The van der Waals surface area contributed by atoms with Crippen molar-refractivity contribution >= 4 is 21.9 Å². The fraction of sp³-hybridized carbons (Fsp3) is 0.417. The molecule has 100 valence electrons. The van der Waals surface area contributed by atoms with Crippen LogP contribution in [0, 0.1) is 5.82 Å². The highest BCUT2D eigenvalue weighted by molar-refractivity contribution is 9.10. The van der Waals surface area contributed by atoms with Crippen molar-refractivity contribution in [2.45, 2.75) is 19.3 Å². The first-order valence-electron chi connectivity index (χ1n) is 5.31. The van der Waals surface area contributed by atoms with Gasteiger partial charge in [-0.1, -0.05) is 15.9 Å². The standard InChI is InChI=1S/C12H14BrFO4/c1-17-11-7(4-3-5-10(15)16)8(13)6-9(14)12(11)18-2/h6H,3-5H2,1-2H3,(H,15,16). The van der Waals surface area contributed by atoms with E-state index in [0.717, 1.165) is 0 Å². The van der Waals surface area contributed by atoms with Gasteiger partial charge in [-0.25, -0.2) is 4.39 Å². The van der Waals surface area contributed by atoms with Gasteiger partial charge in [0, 0.05) is 16.5 Å². The minimum Gasteiger partial charge on any atom is -0.492 e. The summed E-state index contributed by atoms with van der Waals surface area (Å²) >= 11 is 3.25. The van der Waals surface area contributed by atoms with Crippen molar-refractivity contribution in [1.82, 2.24) is 0 Å². The molecular formula is C12H14BrFO4. The smallest absolute Gasteiger partial charge is 0.303 e. The van der Waals surface area contributed by atoms with Gasteiger partial charge in [-0.15, -0.1) is 0 Å². The maximum atomic E-state index is 13.6. The molecule has 0 atom stereocenters. The van der Waals surface area contributed by atoms with E-state index < -0.39 is 11.8 Å². The SMILES string of the molecule is COc1c(F)cc(Br)c(CCCC(=O)O)c1OC. The van der Waals surface area contributed by atoms with Crippen LogP contribution in [0.15, 0.2) is 10.5 Å². The van der Waals surface area contributed by atoms with E-state index in [0.29, 0.717) is 28.6 Å². The highest BCUT2D eigenvalue weighted by Gasteiger charge is 2.18. The van der Waals surface area contributed by atoms with Crippen LogP contribution in [0.25, 0.3) is 0 Å². The monoisotopic (exact) mass is 320 g/mol. The van der Waals surface area contributed by atoms with Crippen molar-refractivity contribution in [2.24, 2.45) is 0 Å². The molecule has 0 bridgehead atoms. The van der Waals surface area contributed by atoms with Crippen molar-refractivity contribution in [3.63, 3.8) is 0 Å². The highest BCUT2D eigenvalue weighted by Crippen LogP contribution is 2.39.